The Morgan fingerprint density at radius 3 is 2.88 bits per heavy atom. The number of carbonyl (C=O) groups excluding carboxylic acids is 1. The molecule has 0 saturated heterocycles. The van der Waals surface area contributed by atoms with Crippen molar-refractivity contribution in [1.29, 1.82) is 0 Å². The molecule has 1 aromatic heterocycles. The number of nitrogens with two attached hydrogens (primary N) is 1. The van der Waals surface area contributed by atoms with Crippen molar-refractivity contribution >= 4 is 27.5 Å². The average Bonchev–Trinajstić information content (AvgIpc) is 2.22. The van der Waals surface area contributed by atoms with Crippen molar-refractivity contribution < 1.29 is 4.79 Å². The lowest BCUT2D eigenvalue weighted by Gasteiger charge is -2.10. The number of hydrogen-bond donors (Lipinski definition) is 2. The molecule has 88 valence electrons. The van der Waals surface area contributed by atoms with Crippen LogP contribution in [0.15, 0.2) is 16.7 Å². The number of rotatable bonds is 4. The van der Waals surface area contributed by atoms with Crippen LogP contribution in [0.5, 0.6) is 0 Å². The lowest BCUT2D eigenvalue weighted by atomic mass is 10.1. The summed E-state index contributed by atoms with van der Waals surface area (Å²) in [6.45, 7) is 3.81. The van der Waals surface area contributed by atoms with Crippen molar-refractivity contribution in [2.45, 2.75) is 32.7 Å². The Balaban J connectivity index is 2.63. The molecule has 1 unspecified atom stereocenters. The fourth-order valence-corrected chi connectivity index (χ4v) is 1.64. The van der Waals surface area contributed by atoms with Crippen LogP contribution < -0.4 is 11.1 Å². The molecule has 4 nitrogen and oxygen atoms in total. The quantitative estimate of drug-likeness (QED) is 0.834. The zero-order valence-corrected chi connectivity index (χ0v) is 11.0. The molecular weight excluding hydrogens is 270 g/mol. The van der Waals surface area contributed by atoms with Crippen LogP contribution in [-0.2, 0) is 4.79 Å². The number of halogens is 1. The second-order valence-corrected chi connectivity index (χ2v) is 4.50. The summed E-state index contributed by atoms with van der Waals surface area (Å²) in [6, 6.07) is 3.54. The largest absolute Gasteiger partial charge is 0.327 e. The normalized spacial score (nSPS) is 12.2. The number of nitrogens with zero attached hydrogens (tertiary/aromatic N) is 1. The van der Waals surface area contributed by atoms with E-state index in [4.69, 9.17) is 5.73 Å². The third kappa shape index (κ3) is 3.90. The van der Waals surface area contributed by atoms with E-state index in [1.807, 2.05) is 19.9 Å². The second-order valence-electron chi connectivity index (χ2n) is 3.69. The molecule has 1 rings (SSSR count). The minimum Gasteiger partial charge on any atom is -0.327 e. The van der Waals surface area contributed by atoms with Crippen molar-refractivity contribution in [2.24, 2.45) is 5.73 Å². The van der Waals surface area contributed by atoms with E-state index in [2.05, 4.69) is 26.2 Å². The first kappa shape index (κ1) is 13.1. The Morgan fingerprint density at radius 2 is 2.31 bits per heavy atom. The summed E-state index contributed by atoms with van der Waals surface area (Å²) >= 11 is 3.27. The summed E-state index contributed by atoms with van der Waals surface area (Å²) in [6.07, 6.45) is 1.14. The van der Waals surface area contributed by atoms with Crippen LogP contribution in [0, 0.1) is 6.92 Å². The van der Waals surface area contributed by atoms with Gasteiger partial charge >= 0.3 is 0 Å². The van der Waals surface area contributed by atoms with Crippen molar-refractivity contribution in [3.05, 3.63) is 22.4 Å². The third-order valence-corrected chi connectivity index (χ3v) is 2.74. The first-order valence-corrected chi connectivity index (χ1v) is 6.00. The molecule has 0 aromatic carbocycles. The highest BCUT2D eigenvalue weighted by molar-refractivity contribution is 9.10. The molecule has 0 aliphatic rings. The molecule has 1 amide bonds. The van der Waals surface area contributed by atoms with Gasteiger partial charge in [-0.2, -0.15) is 0 Å². The predicted molar refractivity (Wildman–Crippen MR) is 68.2 cm³/mol. The Labute approximate surface area is 104 Å². The van der Waals surface area contributed by atoms with Gasteiger partial charge in [-0.1, -0.05) is 6.92 Å². The highest BCUT2D eigenvalue weighted by atomic mass is 79.9. The fraction of sp³-hybridized carbons (Fsp3) is 0.455. The average molecular weight is 286 g/mol. The molecule has 1 atom stereocenters. The topological polar surface area (TPSA) is 68.0 Å². The summed E-state index contributed by atoms with van der Waals surface area (Å²) in [7, 11) is 0. The maximum Gasteiger partial charge on any atom is 0.225 e. The van der Waals surface area contributed by atoms with Crippen LogP contribution in [0.4, 0.5) is 5.69 Å². The van der Waals surface area contributed by atoms with Crippen molar-refractivity contribution in [3.8, 4) is 0 Å². The molecule has 1 aromatic rings. The maximum absolute atomic E-state index is 11.6. The van der Waals surface area contributed by atoms with Crippen LogP contribution in [0.25, 0.3) is 0 Å². The van der Waals surface area contributed by atoms with Crippen LogP contribution >= 0.6 is 15.9 Å². The summed E-state index contributed by atoms with van der Waals surface area (Å²) in [5.41, 5.74) is 7.22. The summed E-state index contributed by atoms with van der Waals surface area (Å²) in [4.78, 5) is 15.8. The molecule has 0 fully saturated rings. The highest BCUT2D eigenvalue weighted by Gasteiger charge is 2.09. The van der Waals surface area contributed by atoms with Crippen molar-refractivity contribution in [1.82, 2.24) is 4.98 Å². The molecule has 3 N–H and O–H groups in total. The lowest BCUT2D eigenvalue weighted by Crippen LogP contribution is -2.26. The monoisotopic (exact) mass is 285 g/mol. The predicted octanol–water partition coefficient (Wildman–Crippen LogP) is 2.22. The number of pyridine rings is 1. The molecule has 0 spiro atoms. The number of anilines is 1. The van der Waals surface area contributed by atoms with Crippen LogP contribution in [0.2, 0.25) is 0 Å². The van der Waals surface area contributed by atoms with Gasteiger partial charge in [0.25, 0.3) is 0 Å². The fourth-order valence-electron chi connectivity index (χ4n) is 1.25. The Bertz CT molecular complexity index is 381. The Hall–Kier alpha value is -0.940. The Morgan fingerprint density at radius 1 is 1.62 bits per heavy atom. The SMILES string of the molecule is CCC(N)CC(=O)Nc1ccc(Br)nc1C. The molecule has 16 heavy (non-hydrogen) atoms. The number of nitrogens with one attached hydrogen (secondary N) is 1. The zero-order valence-electron chi connectivity index (χ0n) is 9.46. The van der Waals surface area contributed by atoms with Gasteiger partial charge in [0.15, 0.2) is 0 Å². The van der Waals surface area contributed by atoms with E-state index in [9.17, 15) is 4.79 Å². The van der Waals surface area contributed by atoms with Gasteiger partial charge in [-0.3, -0.25) is 4.79 Å². The highest BCUT2D eigenvalue weighted by Crippen LogP contribution is 2.16. The lowest BCUT2D eigenvalue weighted by molar-refractivity contribution is -0.116. The number of amides is 1. The Kier molecular flexibility index (Phi) is 4.89. The third-order valence-electron chi connectivity index (χ3n) is 2.30. The standard InChI is InChI=1S/C11H16BrN3O/c1-3-8(13)6-11(16)15-9-4-5-10(12)14-7(9)2/h4-5,8H,3,6,13H2,1-2H3,(H,15,16). The van der Waals surface area contributed by atoms with Gasteiger partial charge in [-0.25, -0.2) is 4.98 Å². The van der Waals surface area contributed by atoms with Gasteiger partial charge in [0.2, 0.25) is 5.91 Å². The van der Waals surface area contributed by atoms with Crippen LogP contribution in [0.1, 0.15) is 25.5 Å². The molecule has 5 heteroatoms. The molecular formula is C11H16BrN3O. The molecule has 0 aliphatic carbocycles. The van der Waals surface area contributed by atoms with Crippen molar-refractivity contribution in [3.63, 3.8) is 0 Å². The van der Waals surface area contributed by atoms with Gasteiger partial charge in [0, 0.05) is 12.5 Å². The summed E-state index contributed by atoms with van der Waals surface area (Å²) in [5, 5.41) is 2.80. The molecule has 0 radical (unpaired) electrons. The van der Waals surface area contributed by atoms with Crippen molar-refractivity contribution in [2.75, 3.05) is 5.32 Å². The van der Waals surface area contributed by atoms with E-state index in [-0.39, 0.29) is 11.9 Å². The van der Waals surface area contributed by atoms with E-state index >= 15 is 0 Å². The molecule has 0 bridgehead atoms. The van der Waals surface area contributed by atoms with E-state index in [1.54, 1.807) is 6.07 Å². The number of carbonyl (C=O) groups is 1. The van der Waals surface area contributed by atoms with Gasteiger partial charge < -0.3 is 11.1 Å². The van der Waals surface area contributed by atoms with Gasteiger partial charge in [0.05, 0.1) is 11.4 Å². The first-order chi connectivity index (χ1) is 7.52. The van der Waals surface area contributed by atoms with E-state index in [0.29, 0.717) is 6.42 Å². The van der Waals surface area contributed by atoms with Crippen LogP contribution in [0.3, 0.4) is 0 Å². The molecule has 1 heterocycles. The number of hydrogen-bond acceptors (Lipinski definition) is 3. The van der Waals surface area contributed by atoms with Gasteiger partial charge in [-0.15, -0.1) is 0 Å². The maximum atomic E-state index is 11.6. The first-order valence-electron chi connectivity index (χ1n) is 5.21. The van der Waals surface area contributed by atoms with Gasteiger partial charge in [0.1, 0.15) is 4.60 Å². The second kappa shape index (κ2) is 5.96. The minimum atomic E-state index is -0.0799. The number of aromatic nitrogens is 1. The van der Waals surface area contributed by atoms with Gasteiger partial charge in [-0.05, 0) is 41.4 Å². The summed E-state index contributed by atoms with van der Waals surface area (Å²) in [5.74, 6) is -0.0680. The minimum absolute atomic E-state index is 0.0680. The van der Waals surface area contributed by atoms with E-state index < -0.39 is 0 Å². The molecule has 0 aliphatic heterocycles. The van der Waals surface area contributed by atoms with E-state index in [0.717, 1.165) is 22.4 Å². The smallest absolute Gasteiger partial charge is 0.225 e. The molecule has 0 saturated carbocycles. The summed E-state index contributed by atoms with van der Waals surface area (Å²) < 4.78 is 0.758. The zero-order chi connectivity index (χ0) is 12.1. The van der Waals surface area contributed by atoms with Crippen LogP contribution in [-0.4, -0.2) is 16.9 Å². The number of aryl methyl sites for hydroxylation is 1. The van der Waals surface area contributed by atoms with E-state index in [1.165, 1.54) is 0 Å².